The number of nitrogens with zero attached hydrogens (tertiary/aromatic N) is 3. The first-order valence-corrected chi connectivity index (χ1v) is 4.53. The van der Waals surface area contributed by atoms with E-state index in [2.05, 4.69) is 26.1 Å². The molecule has 1 aromatic heterocycles. The van der Waals surface area contributed by atoms with Gasteiger partial charge in [-0.15, -0.1) is 5.10 Å². The first-order valence-electron chi connectivity index (χ1n) is 3.41. The maximum absolute atomic E-state index is 11.0. The lowest BCUT2D eigenvalue weighted by Gasteiger charge is -1.95. The second kappa shape index (κ2) is 4.20. The molecule has 0 radical (unpaired) electrons. The molecule has 0 amide bonds. The molecule has 0 saturated carbocycles. The summed E-state index contributed by atoms with van der Waals surface area (Å²) in [6.45, 7) is 2.09. The van der Waals surface area contributed by atoms with E-state index in [1.807, 2.05) is 0 Å². The Morgan fingerprint density at radius 2 is 2.58 bits per heavy atom. The van der Waals surface area contributed by atoms with Crippen LogP contribution in [0.2, 0.25) is 0 Å². The van der Waals surface area contributed by atoms with E-state index in [0.29, 0.717) is 12.1 Å². The number of carbonyl (C=O) groups excluding carboxylic acids is 1. The third kappa shape index (κ3) is 2.04. The molecule has 12 heavy (non-hydrogen) atoms. The zero-order chi connectivity index (χ0) is 8.97. The van der Waals surface area contributed by atoms with Crippen LogP contribution in [-0.4, -0.2) is 27.6 Å². The molecule has 0 aromatic carbocycles. The van der Waals surface area contributed by atoms with Crippen LogP contribution in [0.25, 0.3) is 0 Å². The van der Waals surface area contributed by atoms with E-state index in [9.17, 15) is 4.79 Å². The van der Waals surface area contributed by atoms with Crippen LogP contribution < -0.4 is 0 Å². The van der Waals surface area contributed by atoms with E-state index < -0.39 is 5.97 Å². The predicted molar refractivity (Wildman–Crippen MR) is 44.9 cm³/mol. The highest BCUT2D eigenvalue weighted by Crippen LogP contribution is 1.96. The van der Waals surface area contributed by atoms with E-state index in [-0.39, 0.29) is 5.69 Å². The summed E-state index contributed by atoms with van der Waals surface area (Å²) in [5, 5.41) is 7.63. The minimum atomic E-state index is -0.440. The summed E-state index contributed by atoms with van der Waals surface area (Å²) in [5.74, 6) is -0.440. The number of alkyl halides is 1. The summed E-state index contributed by atoms with van der Waals surface area (Å²) in [4.78, 5) is 12.4. The molecule has 0 aliphatic carbocycles. The molecule has 0 bridgehead atoms. The van der Waals surface area contributed by atoms with Gasteiger partial charge in [0.1, 0.15) is 5.45 Å². The highest BCUT2D eigenvalue weighted by atomic mass is 79.9. The third-order valence-corrected chi connectivity index (χ3v) is 1.58. The van der Waals surface area contributed by atoms with Gasteiger partial charge in [0.2, 0.25) is 0 Å². The van der Waals surface area contributed by atoms with E-state index in [4.69, 9.17) is 4.74 Å². The molecule has 1 rings (SSSR count). The molecule has 1 aromatic rings. The molecule has 0 saturated heterocycles. The number of esters is 1. The summed E-state index contributed by atoms with van der Waals surface area (Å²) >= 11 is 3.14. The van der Waals surface area contributed by atoms with Crippen molar-refractivity contribution in [3.05, 3.63) is 11.9 Å². The lowest BCUT2D eigenvalue weighted by atomic mass is 10.5. The van der Waals surface area contributed by atoms with Gasteiger partial charge in [-0.2, -0.15) is 9.90 Å². The van der Waals surface area contributed by atoms with Crippen LogP contribution in [0.15, 0.2) is 6.20 Å². The van der Waals surface area contributed by atoms with Crippen LogP contribution >= 0.6 is 15.9 Å². The molecule has 0 aliphatic heterocycles. The Hall–Kier alpha value is -0.910. The Labute approximate surface area is 77.8 Å². The predicted octanol–water partition coefficient (Wildman–Crippen LogP) is 0.807. The molecule has 0 spiro atoms. The summed E-state index contributed by atoms with van der Waals surface area (Å²) in [5.41, 5.74) is 0.697. The largest absolute Gasteiger partial charge is 0.461 e. The van der Waals surface area contributed by atoms with Crippen molar-refractivity contribution in [3.8, 4) is 0 Å². The maximum Gasteiger partial charge on any atom is 0.360 e. The van der Waals surface area contributed by atoms with Crippen LogP contribution in [0.4, 0.5) is 0 Å². The second-order valence-corrected chi connectivity index (χ2v) is 2.44. The molecular weight excluding hydrogens is 226 g/mol. The maximum atomic E-state index is 11.0. The summed E-state index contributed by atoms with van der Waals surface area (Å²) < 4.78 is 4.72. The van der Waals surface area contributed by atoms with Crippen molar-refractivity contribution in [1.29, 1.82) is 0 Å². The quantitative estimate of drug-likeness (QED) is 0.573. The number of ether oxygens (including phenoxy) is 1. The normalized spacial score (nSPS) is 9.83. The Kier molecular flexibility index (Phi) is 3.21. The van der Waals surface area contributed by atoms with Crippen LogP contribution in [0.5, 0.6) is 0 Å². The van der Waals surface area contributed by atoms with Crippen molar-refractivity contribution in [2.24, 2.45) is 0 Å². The monoisotopic (exact) mass is 233 g/mol. The van der Waals surface area contributed by atoms with Gasteiger partial charge in [0.05, 0.1) is 12.8 Å². The molecule has 1 heterocycles. The number of aromatic nitrogens is 3. The number of carbonyl (C=O) groups is 1. The van der Waals surface area contributed by atoms with Gasteiger partial charge >= 0.3 is 5.97 Å². The molecule has 0 N–H and O–H groups in total. The molecule has 0 atom stereocenters. The fourth-order valence-corrected chi connectivity index (χ4v) is 0.895. The Bertz CT molecular complexity index is 274. The highest BCUT2D eigenvalue weighted by molar-refractivity contribution is 9.08. The lowest BCUT2D eigenvalue weighted by Crippen LogP contribution is -2.06. The Balaban J connectivity index is 2.68. The van der Waals surface area contributed by atoms with Crippen molar-refractivity contribution < 1.29 is 9.53 Å². The van der Waals surface area contributed by atoms with Gasteiger partial charge in [-0.1, -0.05) is 15.9 Å². The fourth-order valence-electron chi connectivity index (χ4n) is 0.653. The first kappa shape index (κ1) is 9.18. The summed E-state index contributed by atoms with van der Waals surface area (Å²) in [7, 11) is 0. The van der Waals surface area contributed by atoms with Crippen molar-refractivity contribution in [1.82, 2.24) is 15.0 Å². The van der Waals surface area contributed by atoms with Gasteiger partial charge in [-0.05, 0) is 6.92 Å². The average Bonchev–Trinajstić information content (AvgIpc) is 2.52. The van der Waals surface area contributed by atoms with Gasteiger partial charge in [0.25, 0.3) is 0 Å². The number of hydrogen-bond donors (Lipinski definition) is 0. The van der Waals surface area contributed by atoms with Gasteiger partial charge in [-0.3, -0.25) is 0 Å². The Morgan fingerprint density at radius 1 is 1.83 bits per heavy atom. The minimum Gasteiger partial charge on any atom is -0.461 e. The van der Waals surface area contributed by atoms with E-state index in [0.717, 1.165) is 0 Å². The average molecular weight is 234 g/mol. The smallest absolute Gasteiger partial charge is 0.360 e. The van der Waals surface area contributed by atoms with Gasteiger partial charge in [0, 0.05) is 0 Å². The van der Waals surface area contributed by atoms with Gasteiger partial charge in [-0.25, -0.2) is 4.79 Å². The molecule has 66 valence electrons. The summed E-state index contributed by atoms with van der Waals surface area (Å²) in [6.07, 6.45) is 1.37. The van der Waals surface area contributed by atoms with E-state index in [1.54, 1.807) is 6.92 Å². The van der Waals surface area contributed by atoms with Crippen LogP contribution in [-0.2, 0) is 10.2 Å². The Morgan fingerprint density at radius 3 is 3.08 bits per heavy atom. The SMILES string of the molecule is CCOC(=O)c1cnn(CBr)n1. The van der Waals surface area contributed by atoms with Crippen LogP contribution in [0, 0.1) is 0 Å². The lowest BCUT2D eigenvalue weighted by molar-refractivity contribution is 0.0518. The molecule has 0 unspecified atom stereocenters. The van der Waals surface area contributed by atoms with Gasteiger partial charge in [0.15, 0.2) is 5.69 Å². The second-order valence-electron chi connectivity index (χ2n) is 1.94. The summed E-state index contributed by atoms with van der Waals surface area (Å²) in [6, 6.07) is 0. The van der Waals surface area contributed by atoms with E-state index in [1.165, 1.54) is 11.0 Å². The molecule has 0 aliphatic rings. The zero-order valence-corrected chi connectivity index (χ0v) is 8.11. The fraction of sp³-hybridized carbons (Fsp3) is 0.500. The molecule has 5 nitrogen and oxygen atoms in total. The number of halogens is 1. The van der Waals surface area contributed by atoms with Gasteiger partial charge < -0.3 is 4.74 Å². The highest BCUT2D eigenvalue weighted by Gasteiger charge is 2.10. The van der Waals surface area contributed by atoms with Crippen molar-refractivity contribution >= 4 is 21.9 Å². The number of hydrogen-bond acceptors (Lipinski definition) is 4. The van der Waals surface area contributed by atoms with Crippen LogP contribution in [0.3, 0.4) is 0 Å². The minimum absolute atomic E-state index is 0.233. The molecular formula is C6H8BrN3O2. The standard InChI is InChI=1S/C6H8BrN3O2/c1-2-12-6(11)5-3-8-10(4-7)9-5/h3H,2,4H2,1H3. The van der Waals surface area contributed by atoms with Crippen LogP contribution in [0.1, 0.15) is 17.4 Å². The third-order valence-electron chi connectivity index (χ3n) is 1.13. The number of rotatable bonds is 3. The van der Waals surface area contributed by atoms with Crippen molar-refractivity contribution in [2.75, 3.05) is 6.61 Å². The van der Waals surface area contributed by atoms with Crippen molar-refractivity contribution in [2.45, 2.75) is 12.4 Å². The van der Waals surface area contributed by atoms with Crippen molar-refractivity contribution in [3.63, 3.8) is 0 Å². The topological polar surface area (TPSA) is 57.0 Å². The van der Waals surface area contributed by atoms with E-state index >= 15 is 0 Å². The molecule has 6 heteroatoms. The molecule has 0 fully saturated rings. The zero-order valence-electron chi connectivity index (χ0n) is 6.53. The first-order chi connectivity index (χ1) is 5.77.